The maximum Gasteiger partial charge on any atom is 0.248 e. The Hall–Kier alpha value is -2.82. The highest BCUT2D eigenvalue weighted by molar-refractivity contribution is 5.90. The van der Waals surface area contributed by atoms with Gasteiger partial charge in [-0.3, -0.25) is 14.3 Å². The van der Waals surface area contributed by atoms with Crippen molar-refractivity contribution >= 4 is 11.8 Å². The van der Waals surface area contributed by atoms with Crippen molar-refractivity contribution in [2.75, 3.05) is 13.1 Å². The summed E-state index contributed by atoms with van der Waals surface area (Å²) in [4.78, 5) is 32.9. The molecule has 2 unspecified atom stereocenters. The zero-order valence-corrected chi connectivity index (χ0v) is 21.6. The van der Waals surface area contributed by atoms with Crippen LogP contribution in [-0.2, 0) is 23.1 Å². The molecule has 0 bridgehead atoms. The summed E-state index contributed by atoms with van der Waals surface area (Å²) in [5.74, 6) is 1.72. The summed E-state index contributed by atoms with van der Waals surface area (Å²) in [6.07, 6.45) is 4.04. The number of rotatable bonds is 8. The second kappa shape index (κ2) is 9.67. The van der Waals surface area contributed by atoms with Crippen LogP contribution in [0.25, 0.3) is 0 Å². The third-order valence-corrected chi connectivity index (χ3v) is 6.74. The Kier molecular flexibility index (Phi) is 6.99. The van der Waals surface area contributed by atoms with Crippen molar-refractivity contribution in [1.29, 1.82) is 0 Å². The van der Waals surface area contributed by atoms with Crippen LogP contribution in [0.4, 0.5) is 0 Å². The fourth-order valence-electron chi connectivity index (χ4n) is 4.64. The summed E-state index contributed by atoms with van der Waals surface area (Å²) in [5.41, 5.74) is 0.451. The molecule has 0 aromatic carbocycles. The molecule has 0 spiro atoms. The van der Waals surface area contributed by atoms with E-state index >= 15 is 0 Å². The molecule has 2 fully saturated rings. The molecule has 1 saturated heterocycles. The number of aliphatic hydroxyl groups excluding tert-OH is 1. The van der Waals surface area contributed by atoms with Gasteiger partial charge >= 0.3 is 0 Å². The number of aryl methyl sites for hydroxylation is 1. The lowest BCUT2D eigenvalue weighted by molar-refractivity contribution is -0.144. The van der Waals surface area contributed by atoms with Crippen LogP contribution in [0.5, 0.6) is 0 Å². The molecule has 3 heterocycles. The SMILES string of the molecule is CC(C)c1nc(CCNC(=O)C2CC(O)CN2C(=O)[C@@H](n2cc(C3CC3)nn2)C(C)(C)C)n(C)n1. The Bertz CT molecular complexity index is 1070. The van der Waals surface area contributed by atoms with Crippen LogP contribution < -0.4 is 5.32 Å². The first-order chi connectivity index (χ1) is 16.5. The highest BCUT2D eigenvalue weighted by atomic mass is 16.3. The Morgan fingerprint density at radius 2 is 1.97 bits per heavy atom. The fraction of sp³-hybridized carbons (Fsp3) is 0.750. The van der Waals surface area contributed by atoms with Crippen LogP contribution in [-0.4, -0.2) is 76.8 Å². The Morgan fingerprint density at radius 1 is 1.26 bits per heavy atom. The second-order valence-corrected chi connectivity index (χ2v) is 11.3. The molecule has 192 valence electrons. The molecule has 4 rings (SSSR count). The van der Waals surface area contributed by atoms with E-state index < -0.39 is 23.6 Å². The zero-order valence-electron chi connectivity index (χ0n) is 21.6. The van der Waals surface area contributed by atoms with Gasteiger partial charge in [0.1, 0.15) is 17.9 Å². The van der Waals surface area contributed by atoms with E-state index in [0.29, 0.717) is 18.9 Å². The van der Waals surface area contributed by atoms with Crippen molar-refractivity contribution in [1.82, 2.24) is 40.0 Å². The predicted octanol–water partition coefficient (Wildman–Crippen LogP) is 1.32. The standard InChI is InChI=1S/C24H38N8O3/c1-14(2)21-26-19(30(6)28-21)9-10-25-22(34)18-11-16(33)12-31(18)23(35)20(24(3,4)5)32-13-17(27-29-32)15-7-8-15/h13-16,18,20,33H,7-12H2,1-6H3,(H,25,34)/t16?,18?,20-/m1/s1. The van der Waals surface area contributed by atoms with Gasteiger partial charge < -0.3 is 15.3 Å². The summed E-state index contributed by atoms with van der Waals surface area (Å²) in [6.45, 7) is 10.5. The molecule has 2 aromatic rings. The van der Waals surface area contributed by atoms with Gasteiger partial charge in [-0.05, 0) is 18.3 Å². The van der Waals surface area contributed by atoms with E-state index in [-0.39, 0.29) is 30.7 Å². The highest BCUT2D eigenvalue weighted by Crippen LogP contribution is 2.40. The monoisotopic (exact) mass is 486 g/mol. The van der Waals surface area contributed by atoms with Crippen LogP contribution in [0.15, 0.2) is 6.20 Å². The zero-order chi connectivity index (χ0) is 25.5. The first-order valence-electron chi connectivity index (χ1n) is 12.5. The van der Waals surface area contributed by atoms with Crippen molar-refractivity contribution in [3.05, 3.63) is 23.5 Å². The van der Waals surface area contributed by atoms with Crippen molar-refractivity contribution in [3.8, 4) is 0 Å². The molecule has 0 radical (unpaired) electrons. The number of likely N-dealkylation sites (tertiary alicyclic amines) is 1. The summed E-state index contributed by atoms with van der Waals surface area (Å²) >= 11 is 0. The molecule has 2 N–H and O–H groups in total. The van der Waals surface area contributed by atoms with Crippen molar-refractivity contribution < 1.29 is 14.7 Å². The quantitative estimate of drug-likeness (QED) is 0.575. The molecular weight excluding hydrogens is 448 g/mol. The lowest BCUT2D eigenvalue weighted by atomic mass is 9.85. The van der Waals surface area contributed by atoms with E-state index in [1.807, 2.05) is 47.9 Å². The van der Waals surface area contributed by atoms with Crippen molar-refractivity contribution in [2.45, 2.75) is 90.3 Å². The molecule has 1 saturated carbocycles. The number of carbonyl (C=O) groups excluding carboxylic acids is 2. The van der Waals surface area contributed by atoms with Gasteiger partial charge in [-0.25, -0.2) is 9.67 Å². The van der Waals surface area contributed by atoms with Crippen molar-refractivity contribution in [2.24, 2.45) is 12.5 Å². The van der Waals surface area contributed by atoms with Gasteiger partial charge in [0.15, 0.2) is 5.82 Å². The summed E-state index contributed by atoms with van der Waals surface area (Å²) in [6, 6.07) is -1.37. The maximum atomic E-state index is 13.8. The Labute approximate surface area is 206 Å². The van der Waals surface area contributed by atoms with Crippen LogP contribution in [0.3, 0.4) is 0 Å². The molecular formula is C24H38N8O3. The van der Waals surface area contributed by atoms with E-state index in [2.05, 4.69) is 25.7 Å². The van der Waals surface area contributed by atoms with Gasteiger partial charge in [-0.15, -0.1) is 5.10 Å². The number of aliphatic hydroxyl groups is 1. The van der Waals surface area contributed by atoms with Crippen LogP contribution >= 0.6 is 0 Å². The van der Waals surface area contributed by atoms with Crippen molar-refractivity contribution in [3.63, 3.8) is 0 Å². The summed E-state index contributed by atoms with van der Waals surface area (Å²) < 4.78 is 3.37. The first-order valence-corrected chi connectivity index (χ1v) is 12.5. The summed E-state index contributed by atoms with van der Waals surface area (Å²) in [5, 5.41) is 26.3. The van der Waals surface area contributed by atoms with Gasteiger partial charge in [0.05, 0.1) is 11.8 Å². The van der Waals surface area contributed by atoms with Crippen LogP contribution in [0.2, 0.25) is 0 Å². The molecule has 35 heavy (non-hydrogen) atoms. The molecule has 1 aliphatic carbocycles. The minimum atomic E-state index is -0.750. The lowest BCUT2D eigenvalue weighted by Crippen LogP contribution is -2.50. The summed E-state index contributed by atoms with van der Waals surface area (Å²) in [7, 11) is 1.84. The Morgan fingerprint density at radius 3 is 2.57 bits per heavy atom. The molecule has 2 aliphatic rings. The van der Waals surface area contributed by atoms with Gasteiger partial charge in [0, 0.05) is 51.0 Å². The van der Waals surface area contributed by atoms with E-state index in [0.717, 1.165) is 30.2 Å². The molecule has 11 nitrogen and oxygen atoms in total. The molecule has 2 aromatic heterocycles. The minimum absolute atomic E-state index is 0.120. The van der Waals surface area contributed by atoms with Crippen LogP contribution in [0.1, 0.15) is 89.1 Å². The normalized spacial score (nSPS) is 21.5. The smallest absolute Gasteiger partial charge is 0.248 e. The fourth-order valence-corrected chi connectivity index (χ4v) is 4.64. The number of nitrogens with one attached hydrogen (secondary N) is 1. The van der Waals surface area contributed by atoms with Gasteiger partial charge in [0.2, 0.25) is 11.8 Å². The molecule has 1 aliphatic heterocycles. The topological polar surface area (TPSA) is 131 Å². The van der Waals surface area contributed by atoms with E-state index in [1.165, 1.54) is 4.90 Å². The number of β-amino-alcohol motifs (C(OH)–C–C–N with tert-alkyl or cyclic N) is 1. The number of aromatic nitrogens is 6. The molecule has 2 amide bonds. The van der Waals surface area contributed by atoms with Gasteiger partial charge in [0.25, 0.3) is 0 Å². The van der Waals surface area contributed by atoms with E-state index in [1.54, 1.807) is 9.36 Å². The van der Waals surface area contributed by atoms with E-state index in [4.69, 9.17) is 0 Å². The minimum Gasteiger partial charge on any atom is -0.391 e. The third kappa shape index (κ3) is 5.55. The largest absolute Gasteiger partial charge is 0.391 e. The van der Waals surface area contributed by atoms with Gasteiger partial charge in [-0.2, -0.15) is 5.10 Å². The molecule has 11 heteroatoms. The predicted molar refractivity (Wildman–Crippen MR) is 128 cm³/mol. The van der Waals surface area contributed by atoms with E-state index in [9.17, 15) is 14.7 Å². The number of hydrogen-bond donors (Lipinski definition) is 2. The number of nitrogens with zero attached hydrogens (tertiary/aromatic N) is 7. The number of amides is 2. The second-order valence-electron chi connectivity index (χ2n) is 11.3. The third-order valence-electron chi connectivity index (χ3n) is 6.74. The Balaban J connectivity index is 1.44. The average Bonchev–Trinajstić information content (AvgIpc) is 3.18. The average molecular weight is 487 g/mol. The van der Waals surface area contributed by atoms with Gasteiger partial charge in [-0.1, -0.05) is 39.8 Å². The number of carbonyl (C=O) groups is 2. The highest BCUT2D eigenvalue weighted by Gasteiger charge is 2.45. The maximum absolute atomic E-state index is 13.8. The lowest BCUT2D eigenvalue weighted by Gasteiger charge is -2.34. The first kappa shape index (κ1) is 25.3. The van der Waals surface area contributed by atoms with Crippen LogP contribution in [0, 0.1) is 5.41 Å². The number of hydrogen-bond acceptors (Lipinski definition) is 7. The molecule has 3 atom stereocenters.